The third kappa shape index (κ3) is 11.8. The molecule has 4 nitrogen and oxygen atoms in total. The number of hydrogen-bond donors (Lipinski definition) is 2. The molecule has 0 aliphatic carbocycles. The molecule has 4 heteroatoms. The van der Waals surface area contributed by atoms with Gasteiger partial charge in [-0.15, -0.1) is 0 Å². The van der Waals surface area contributed by atoms with Crippen LogP contribution in [0.3, 0.4) is 0 Å². The molecule has 1 aromatic carbocycles. The number of para-hydroxylation sites is 1. The van der Waals surface area contributed by atoms with E-state index in [-0.39, 0.29) is 6.09 Å². The molecule has 148 valence electrons. The van der Waals surface area contributed by atoms with Crippen LogP contribution in [0, 0.1) is 0 Å². The normalized spacial score (nSPS) is 11.3. The van der Waals surface area contributed by atoms with Crippen LogP contribution < -0.4 is 5.32 Å². The van der Waals surface area contributed by atoms with Gasteiger partial charge in [-0.25, -0.2) is 4.79 Å². The standard InChI is InChI=1S/C22H37NO3/c1-22(2,3)26-21(25)23-18-14-10-8-6-4-5-7-9-11-15-19-16-12-13-17-20(19)24/h12-13,16-17,24H,4-11,14-15,18H2,1-3H3,(H,23,25). The van der Waals surface area contributed by atoms with E-state index in [4.69, 9.17) is 4.74 Å². The van der Waals surface area contributed by atoms with Crippen molar-refractivity contribution in [2.45, 2.75) is 90.6 Å². The van der Waals surface area contributed by atoms with Crippen LogP contribution in [0.2, 0.25) is 0 Å². The Bertz CT molecular complexity index is 508. The van der Waals surface area contributed by atoms with E-state index in [1.165, 1.54) is 38.5 Å². The topological polar surface area (TPSA) is 58.6 Å². The second kappa shape index (κ2) is 12.6. The molecule has 0 radical (unpaired) electrons. The maximum Gasteiger partial charge on any atom is 0.407 e. The fourth-order valence-corrected chi connectivity index (χ4v) is 2.90. The first-order valence-corrected chi connectivity index (χ1v) is 10.1. The molecular weight excluding hydrogens is 326 g/mol. The van der Waals surface area contributed by atoms with Crippen LogP contribution in [0.5, 0.6) is 5.75 Å². The number of rotatable bonds is 12. The fraction of sp³-hybridized carbons (Fsp3) is 0.682. The van der Waals surface area contributed by atoms with Gasteiger partial charge in [0.05, 0.1) is 0 Å². The zero-order valence-corrected chi connectivity index (χ0v) is 16.9. The van der Waals surface area contributed by atoms with E-state index in [0.717, 1.165) is 31.2 Å². The molecule has 0 saturated heterocycles. The summed E-state index contributed by atoms with van der Waals surface area (Å²) in [6, 6.07) is 7.62. The van der Waals surface area contributed by atoms with E-state index in [1.54, 1.807) is 6.07 Å². The van der Waals surface area contributed by atoms with Crippen LogP contribution in [0.1, 0.15) is 84.1 Å². The first kappa shape index (κ1) is 22.3. The van der Waals surface area contributed by atoms with Crippen molar-refractivity contribution in [3.63, 3.8) is 0 Å². The number of aryl methyl sites for hydroxylation is 1. The number of amides is 1. The highest BCUT2D eigenvalue weighted by Crippen LogP contribution is 2.19. The molecule has 0 bridgehead atoms. The molecule has 0 heterocycles. The van der Waals surface area contributed by atoms with Gasteiger partial charge in [0.2, 0.25) is 0 Å². The molecule has 0 aliphatic rings. The summed E-state index contributed by atoms with van der Waals surface area (Å²) >= 11 is 0. The van der Waals surface area contributed by atoms with Crippen molar-refractivity contribution in [1.82, 2.24) is 5.32 Å². The summed E-state index contributed by atoms with van der Waals surface area (Å²) in [5.74, 6) is 0.425. The van der Waals surface area contributed by atoms with Gasteiger partial charge in [-0.2, -0.15) is 0 Å². The van der Waals surface area contributed by atoms with Crippen molar-refractivity contribution in [2.24, 2.45) is 0 Å². The van der Waals surface area contributed by atoms with E-state index in [1.807, 2.05) is 39.0 Å². The quantitative estimate of drug-likeness (QED) is 0.450. The zero-order chi connectivity index (χ0) is 19.3. The van der Waals surface area contributed by atoms with Gasteiger partial charge >= 0.3 is 6.09 Å². The largest absolute Gasteiger partial charge is 0.508 e. The Morgan fingerprint density at radius 1 is 0.923 bits per heavy atom. The fourth-order valence-electron chi connectivity index (χ4n) is 2.90. The maximum absolute atomic E-state index is 11.5. The molecule has 0 unspecified atom stereocenters. The monoisotopic (exact) mass is 363 g/mol. The number of carbonyl (C=O) groups excluding carboxylic acids is 1. The molecule has 0 aliphatic heterocycles. The molecule has 1 rings (SSSR count). The lowest BCUT2D eigenvalue weighted by Crippen LogP contribution is -2.32. The van der Waals surface area contributed by atoms with Crippen molar-refractivity contribution >= 4 is 6.09 Å². The van der Waals surface area contributed by atoms with Gasteiger partial charge in [-0.3, -0.25) is 0 Å². The van der Waals surface area contributed by atoms with Crippen molar-refractivity contribution in [3.05, 3.63) is 29.8 Å². The number of aromatic hydroxyl groups is 1. The van der Waals surface area contributed by atoms with E-state index in [0.29, 0.717) is 12.3 Å². The molecule has 0 spiro atoms. The molecule has 0 fully saturated rings. The number of ether oxygens (including phenoxy) is 1. The number of benzene rings is 1. The zero-order valence-electron chi connectivity index (χ0n) is 16.9. The molecule has 0 aromatic heterocycles. The summed E-state index contributed by atoms with van der Waals surface area (Å²) < 4.78 is 5.20. The Morgan fingerprint density at radius 2 is 1.46 bits per heavy atom. The minimum Gasteiger partial charge on any atom is -0.508 e. The average Bonchev–Trinajstić information content (AvgIpc) is 2.55. The smallest absolute Gasteiger partial charge is 0.407 e. The predicted octanol–water partition coefficient (Wildman–Crippen LogP) is 5.97. The van der Waals surface area contributed by atoms with E-state index in [2.05, 4.69) is 5.32 Å². The number of hydrogen-bond acceptors (Lipinski definition) is 3. The molecule has 0 saturated carbocycles. The Labute approximate surface area is 159 Å². The summed E-state index contributed by atoms with van der Waals surface area (Å²) in [7, 11) is 0. The summed E-state index contributed by atoms with van der Waals surface area (Å²) in [5, 5.41) is 12.5. The van der Waals surface area contributed by atoms with Gasteiger partial charge in [-0.1, -0.05) is 63.1 Å². The van der Waals surface area contributed by atoms with Crippen molar-refractivity contribution < 1.29 is 14.6 Å². The number of carbonyl (C=O) groups is 1. The molecule has 26 heavy (non-hydrogen) atoms. The van der Waals surface area contributed by atoms with Gasteiger partial charge < -0.3 is 15.2 Å². The van der Waals surface area contributed by atoms with Crippen LogP contribution in [-0.2, 0) is 11.2 Å². The van der Waals surface area contributed by atoms with Crippen LogP contribution in [0.25, 0.3) is 0 Å². The summed E-state index contributed by atoms with van der Waals surface area (Å²) in [4.78, 5) is 11.5. The molecule has 0 atom stereocenters. The Hall–Kier alpha value is -1.71. The SMILES string of the molecule is CC(C)(C)OC(=O)NCCCCCCCCCCCc1ccccc1O. The predicted molar refractivity (Wildman–Crippen MR) is 108 cm³/mol. The van der Waals surface area contributed by atoms with Crippen molar-refractivity contribution in [1.29, 1.82) is 0 Å². The number of phenolic OH excluding ortho intramolecular Hbond substituents is 1. The van der Waals surface area contributed by atoms with E-state index >= 15 is 0 Å². The lowest BCUT2D eigenvalue weighted by atomic mass is 10.0. The van der Waals surface area contributed by atoms with Gasteiger partial charge in [0.1, 0.15) is 11.4 Å². The van der Waals surface area contributed by atoms with Gasteiger partial charge in [0.15, 0.2) is 0 Å². The summed E-state index contributed by atoms with van der Waals surface area (Å²) in [6.45, 7) is 6.32. The Kier molecular flexibility index (Phi) is 10.8. The van der Waals surface area contributed by atoms with Gasteiger partial charge in [0, 0.05) is 6.54 Å². The number of phenols is 1. The minimum atomic E-state index is -0.425. The summed E-state index contributed by atoms with van der Waals surface area (Å²) in [6.07, 6.45) is 11.5. The van der Waals surface area contributed by atoms with E-state index in [9.17, 15) is 9.90 Å². The highest BCUT2D eigenvalue weighted by atomic mass is 16.6. The number of nitrogens with one attached hydrogen (secondary N) is 1. The maximum atomic E-state index is 11.5. The molecule has 2 N–H and O–H groups in total. The number of unbranched alkanes of at least 4 members (excludes halogenated alkanes) is 8. The lowest BCUT2D eigenvalue weighted by molar-refractivity contribution is 0.0527. The van der Waals surface area contributed by atoms with E-state index < -0.39 is 5.60 Å². The molecule has 1 amide bonds. The first-order valence-electron chi connectivity index (χ1n) is 10.1. The second-order valence-electron chi connectivity index (χ2n) is 7.99. The lowest BCUT2D eigenvalue weighted by Gasteiger charge is -2.19. The molecular formula is C22H37NO3. The van der Waals surface area contributed by atoms with Crippen molar-refractivity contribution in [2.75, 3.05) is 6.54 Å². The third-order valence-corrected chi connectivity index (χ3v) is 4.28. The highest BCUT2D eigenvalue weighted by molar-refractivity contribution is 5.67. The van der Waals surface area contributed by atoms with Gasteiger partial charge in [-0.05, 0) is 51.7 Å². The first-order chi connectivity index (χ1) is 12.4. The Balaban J connectivity index is 1.85. The average molecular weight is 364 g/mol. The van der Waals surface area contributed by atoms with Crippen LogP contribution in [0.4, 0.5) is 4.79 Å². The third-order valence-electron chi connectivity index (χ3n) is 4.28. The van der Waals surface area contributed by atoms with Crippen LogP contribution in [0.15, 0.2) is 24.3 Å². The Morgan fingerprint density at radius 3 is 2.04 bits per heavy atom. The van der Waals surface area contributed by atoms with Crippen LogP contribution in [-0.4, -0.2) is 23.3 Å². The number of alkyl carbamates (subject to hydrolysis) is 1. The molecule has 1 aromatic rings. The second-order valence-corrected chi connectivity index (χ2v) is 7.99. The van der Waals surface area contributed by atoms with Crippen molar-refractivity contribution in [3.8, 4) is 5.75 Å². The van der Waals surface area contributed by atoms with Gasteiger partial charge in [0.25, 0.3) is 0 Å². The highest BCUT2D eigenvalue weighted by Gasteiger charge is 2.15. The minimum absolute atomic E-state index is 0.318. The van der Waals surface area contributed by atoms with Crippen LogP contribution >= 0.6 is 0 Å². The summed E-state index contributed by atoms with van der Waals surface area (Å²) in [5.41, 5.74) is 0.637.